The maximum absolute atomic E-state index is 11.9. The van der Waals surface area contributed by atoms with Gasteiger partial charge in [-0.05, 0) is 43.9 Å². The largest absolute Gasteiger partial charge is 0.468 e. The van der Waals surface area contributed by atoms with Crippen LogP contribution in [-0.2, 0) is 20.7 Å². The summed E-state index contributed by atoms with van der Waals surface area (Å²) in [6, 6.07) is 4.32. The van der Waals surface area contributed by atoms with Gasteiger partial charge in [-0.1, -0.05) is 17.7 Å². The molecule has 1 saturated heterocycles. The van der Waals surface area contributed by atoms with E-state index in [2.05, 4.69) is 32.9 Å². The van der Waals surface area contributed by atoms with E-state index in [-0.39, 0.29) is 5.97 Å². The summed E-state index contributed by atoms with van der Waals surface area (Å²) in [5.74, 6) is -0.159. The van der Waals surface area contributed by atoms with Gasteiger partial charge >= 0.3 is 5.97 Å². The highest BCUT2D eigenvalue weighted by molar-refractivity contribution is 5.78. The van der Waals surface area contributed by atoms with E-state index in [1.165, 1.54) is 29.4 Å². The lowest BCUT2D eigenvalue weighted by Crippen LogP contribution is -2.51. The van der Waals surface area contributed by atoms with Gasteiger partial charge in [0.15, 0.2) is 0 Å². The van der Waals surface area contributed by atoms with Crippen LogP contribution in [0.1, 0.15) is 22.3 Å². The number of hydrogen-bond donors (Lipinski definition) is 0. The van der Waals surface area contributed by atoms with Crippen molar-refractivity contribution >= 4 is 5.97 Å². The number of aryl methyl sites for hydroxylation is 3. The topological polar surface area (TPSA) is 35.5 Å². The van der Waals surface area contributed by atoms with Gasteiger partial charge in [-0.3, -0.25) is 4.79 Å². The number of benzene rings is 1. The molecule has 0 spiro atoms. The number of hydrogen-bond acceptors (Lipinski definition) is 3. The number of rotatable bonds is 3. The Morgan fingerprint density at radius 3 is 2.22 bits per heavy atom. The zero-order valence-electron chi connectivity index (χ0n) is 11.5. The van der Waals surface area contributed by atoms with Crippen LogP contribution in [0.3, 0.4) is 0 Å². The van der Waals surface area contributed by atoms with Crippen LogP contribution in [0.25, 0.3) is 0 Å². The van der Waals surface area contributed by atoms with Crippen molar-refractivity contribution in [3.63, 3.8) is 0 Å². The van der Waals surface area contributed by atoms with Crippen molar-refractivity contribution in [2.24, 2.45) is 5.41 Å². The molecule has 0 bridgehead atoms. The molecule has 1 aromatic rings. The van der Waals surface area contributed by atoms with E-state index in [0.717, 1.165) is 0 Å². The predicted octanol–water partition coefficient (Wildman–Crippen LogP) is 2.34. The zero-order chi connectivity index (χ0) is 13.3. The third-order valence-electron chi connectivity index (χ3n) is 3.73. The Kier molecular flexibility index (Phi) is 3.44. The molecule has 1 aromatic carbocycles. The van der Waals surface area contributed by atoms with Crippen LogP contribution < -0.4 is 0 Å². The van der Waals surface area contributed by atoms with Crippen LogP contribution in [0, 0.1) is 26.2 Å². The Morgan fingerprint density at radius 1 is 1.28 bits per heavy atom. The summed E-state index contributed by atoms with van der Waals surface area (Å²) in [5, 5.41) is 0. The minimum Gasteiger partial charge on any atom is -0.468 e. The van der Waals surface area contributed by atoms with Crippen LogP contribution in [0.5, 0.6) is 0 Å². The first-order valence-corrected chi connectivity index (χ1v) is 6.21. The SMILES string of the molecule is COC(=O)C1(Cc2c(C)cc(C)cc2C)COC1. The second-order valence-corrected chi connectivity index (χ2v) is 5.32. The average Bonchev–Trinajstić information content (AvgIpc) is 2.25. The van der Waals surface area contributed by atoms with Gasteiger partial charge in [0.05, 0.1) is 20.3 Å². The van der Waals surface area contributed by atoms with Gasteiger partial charge in [0, 0.05) is 0 Å². The fourth-order valence-corrected chi connectivity index (χ4v) is 2.68. The van der Waals surface area contributed by atoms with Crippen molar-refractivity contribution < 1.29 is 14.3 Å². The molecule has 0 aromatic heterocycles. The van der Waals surface area contributed by atoms with E-state index < -0.39 is 5.41 Å². The number of ether oxygens (including phenoxy) is 2. The molecule has 0 atom stereocenters. The van der Waals surface area contributed by atoms with Crippen LogP contribution in [0.2, 0.25) is 0 Å². The molecule has 3 nitrogen and oxygen atoms in total. The molecule has 1 aliphatic heterocycles. The van der Waals surface area contributed by atoms with E-state index in [9.17, 15) is 4.79 Å². The van der Waals surface area contributed by atoms with Crippen LogP contribution in [0.4, 0.5) is 0 Å². The van der Waals surface area contributed by atoms with Gasteiger partial charge in [-0.2, -0.15) is 0 Å². The van der Waals surface area contributed by atoms with E-state index in [4.69, 9.17) is 9.47 Å². The first-order valence-electron chi connectivity index (χ1n) is 6.21. The summed E-state index contributed by atoms with van der Waals surface area (Å²) in [5.41, 5.74) is 4.50. The molecule has 0 aliphatic carbocycles. The van der Waals surface area contributed by atoms with E-state index in [1.54, 1.807) is 0 Å². The predicted molar refractivity (Wildman–Crippen MR) is 69.6 cm³/mol. The molecule has 1 heterocycles. The fraction of sp³-hybridized carbons (Fsp3) is 0.533. The molecule has 3 heteroatoms. The normalized spacial score (nSPS) is 17.1. The van der Waals surface area contributed by atoms with Gasteiger partial charge < -0.3 is 9.47 Å². The molecular formula is C15H20O3. The highest BCUT2D eigenvalue weighted by Crippen LogP contribution is 2.35. The molecule has 2 rings (SSSR count). The van der Waals surface area contributed by atoms with Gasteiger partial charge in [0.1, 0.15) is 5.41 Å². The number of methoxy groups -OCH3 is 1. The first kappa shape index (κ1) is 13.1. The third kappa shape index (κ3) is 2.15. The van der Waals surface area contributed by atoms with Crippen LogP contribution >= 0.6 is 0 Å². The second kappa shape index (κ2) is 4.73. The highest BCUT2D eigenvalue weighted by Gasteiger charge is 2.47. The van der Waals surface area contributed by atoms with E-state index >= 15 is 0 Å². The lowest BCUT2D eigenvalue weighted by Gasteiger charge is -2.39. The lowest BCUT2D eigenvalue weighted by molar-refractivity contribution is -0.182. The molecule has 18 heavy (non-hydrogen) atoms. The van der Waals surface area contributed by atoms with Gasteiger partial charge in [-0.25, -0.2) is 0 Å². The van der Waals surface area contributed by atoms with Crippen LogP contribution in [-0.4, -0.2) is 26.3 Å². The maximum atomic E-state index is 11.9. The minimum absolute atomic E-state index is 0.159. The molecule has 0 unspecified atom stereocenters. The van der Waals surface area contributed by atoms with Crippen molar-refractivity contribution in [1.82, 2.24) is 0 Å². The Hall–Kier alpha value is -1.35. The molecule has 0 saturated carbocycles. The van der Waals surface area contributed by atoms with Crippen molar-refractivity contribution in [3.8, 4) is 0 Å². The lowest BCUT2D eigenvalue weighted by atomic mass is 9.77. The summed E-state index contributed by atoms with van der Waals surface area (Å²) in [6.45, 7) is 7.21. The number of esters is 1. The summed E-state index contributed by atoms with van der Waals surface area (Å²) in [4.78, 5) is 11.9. The molecule has 1 fully saturated rings. The third-order valence-corrected chi connectivity index (χ3v) is 3.73. The molecule has 0 amide bonds. The molecule has 0 N–H and O–H groups in total. The Bertz CT molecular complexity index is 450. The smallest absolute Gasteiger partial charge is 0.316 e. The highest BCUT2D eigenvalue weighted by atomic mass is 16.5. The van der Waals surface area contributed by atoms with Crippen molar-refractivity contribution in [3.05, 3.63) is 34.4 Å². The Balaban J connectivity index is 2.31. The fourth-order valence-electron chi connectivity index (χ4n) is 2.68. The zero-order valence-corrected chi connectivity index (χ0v) is 11.5. The van der Waals surface area contributed by atoms with Gasteiger partial charge in [0.25, 0.3) is 0 Å². The maximum Gasteiger partial charge on any atom is 0.316 e. The summed E-state index contributed by atoms with van der Waals surface area (Å²) >= 11 is 0. The quantitative estimate of drug-likeness (QED) is 0.770. The van der Waals surface area contributed by atoms with Crippen molar-refractivity contribution in [2.45, 2.75) is 27.2 Å². The molecule has 0 radical (unpaired) electrons. The van der Waals surface area contributed by atoms with Gasteiger partial charge in [0.2, 0.25) is 0 Å². The molecular weight excluding hydrogens is 228 g/mol. The second-order valence-electron chi connectivity index (χ2n) is 5.32. The standard InChI is InChI=1S/C15H20O3/c1-10-5-11(2)13(12(3)6-10)7-15(8-18-9-15)14(16)17-4/h5-6H,7-9H2,1-4H3. The van der Waals surface area contributed by atoms with Crippen LogP contribution in [0.15, 0.2) is 12.1 Å². The Morgan fingerprint density at radius 2 is 1.83 bits per heavy atom. The molecule has 98 valence electrons. The summed E-state index contributed by atoms with van der Waals surface area (Å²) in [7, 11) is 1.44. The van der Waals surface area contributed by atoms with Crippen molar-refractivity contribution in [1.29, 1.82) is 0 Å². The van der Waals surface area contributed by atoms with Crippen molar-refractivity contribution in [2.75, 3.05) is 20.3 Å². The minimum atomic E-state index is -0.473. The first-order chi connectivity index (χ1) is 8.48. The summed E-state index contributed by atoms with van der Waals surface area (Å²) < 4.78 is 10.2. The Labute approximate surface area is 108 Å². The number of carbonyl (C=O) groups excluding carboxylic acids is 1. The van der Waals surface area contributed by atoms with E-state index in [1.807, 2.05) is 0 Å². The average molecular weight is 248 g/mol. The van der Waals surface area contributed by atoms with E-state index in [0.29, 0.717) is 19.6 Å². The monoisotopic (exact) mass is 248 g/mol. The molecule has 1 aliphatic rings. The summed E-state index contributed by atoms with van der Waals surface area (Å²) in [6.07, 6.45) is 0.706. The number of carbonyl (C=O) groups is 1. The van der Waals surface area contributed by atoms with Gasteiger partial charge in [-0.15, -0.1) is 0 Å².